The van der Waals surface area contributed by atoms with E-state index in [4.69, 9.17) is 15.6 Å². The van der Waals surface area contributed by atoms with Gasteiger partial charge < -0.3 is 46.9 Å². The van der Waals surface area contributed by atoms with Gasteiger partial charge in [0.15, 0.2) is 0 Å². The van der Waals surface area contributed by atoms with Crippen LogP contribution in [0.1, 0.15) is 43.2 Å². The van der Waals surface area contributed by atoms with E-state index in [2.05, 4.69) is 21.3 Å². The third-order valence-electron chi connectivity index (χ3n) is 6.93. The zero-order valence-electron chi connectivity index (χ0n) is 26.5. The van der Waals surface area contributed by atoms with E-state index in [1.165, 1.54) is 24.1 Å². The molecule has 48 heavy (non-hydrogen) atoms. The molecule has 1 aliphatic rings. The second kappa shape index (κ2) is 20.0. The van der Waals surface area contributed by atoms with Crippen molar-refractivity contribution in [2.45, 2.75) is 51.3 Å². The van der Waals surface area contributed by atoms with Gasteiger partial charge in [-0.3, -0.25) is 38.5 Å². The number of benzene rings is 1. The van der Waals surface area contributed by atoms with Crippen LogP contribution < -0.4 is 27.0 Å². The Morgan fingerprint density at radius 2 is 1.67 bits per heavy atom. The summed E-state index contributed by atoms with van der Waals surface area (Å²) in [5, 5.41) is 28.6. The van der Waals surface area contributed by atoms with Crippen LogP contribution in [0.25, 0.3) is 0 Å². The molecule has 0 saturated carbocycles. The molecule has 0 aliphatic carbocycles. The van der Waals surface area contributed by atoms with E-state index < -0.39 is 60.0 Å². The lowest BCUT2D eigenvalue weighted by Gasteiger charge is -2.21. The summed E-state index contributed by atoms with van der Waals surface area (Å²) in [7, 11) is 1.48. The predicted octanol–water partition coefficient (Wildman–Crippen LogP) is -1.68. The topological polar surface area (TPSA) is 267 Å². The van der Waals surface area contributed by atoms with Gasteiger partial charge >= 0.3 is 12.0 Å². The van der Waals surface area contributed by atoms with Crippen LogP contribution in [0.15, 0.2) is 30.4 Å². The first kappa shape index (κ1) is 38.8. The molecular weight excluding hydrogens is 634 g/mol. The highest BCUT2D eigenvalue weighted by Crippen LogP contribution is 2.19. The second-order valence-corrected chi connectivity index (χ2v) is 10.6. The number of hydrogen-bond acceptors (Lipinski definition) is 10. The monoisotopic (exact) mass is 675 g/mol. The number of carboxylic acid groups (broad SMARTS) is 1. The van der Waals surface area contributed by atoms with E-state index in [1.807, 2.05) is 0 Å². The van der Waals surface area contributed by atoms with E-state index in [1.54, 1.807) is 6.07 Å². The Kier molecular flexibility index (Phi) is 16.2. The number of aliphatic hydroxyl groups excluding tert-OH is 1. The minimum absolute atomic E-state index is 0.0248. The number of aliphatic carboxylic acids is 1. The highest BCUT2D eigenvalue weighted by atomic mass is 16.5. The number of urea groups is 1. The van der Waals surface area contributed by atoms with Crippen molar-refractivity contribution >= 4 is 53.1 Å². The van der Waals surface area contributed by atoms with Gasteiger partial charge in [0.05, 0.1) is 39.3 Å². The lowest BCUT2D eigenvalue weighted by Crippen LogP contribution is -2.47. The molecule has 2 rings (SSSR count). The summed E-state index contributed by atoms with van der Waals surface area (Å²) in [5.74, 6) is -4.24. The van der Waals surface area contributed by atoms with Crippen LogP contribution >= 0.6 is 0 Å². The number of nitrogens with zero attached hydrogens (tertiary/aromatic N) is 2. The van der Waals surface area contributed by atoms with E-state index in [-0.39, 0.29) is 77.2 Å². The van der Waals surface area contributed by atoms with Crippen molar-refractivity contribution in [3.05, 3.63) is 41.5 Å². The van der Waals surface area contributed by atoms with E-state index in [0.717, 1.165) is 17.1 Å². The van der Waals surface area contributed by atoms with Crippen LogP contribution in [0.3, 0.4) is 0 Å². The van der Waals surface area contributed by atoms with E-state index in [9.17, 15) is 43.5 Å². The number of ether oxygens (including phenoxy) is 1. The Morgan fingerprint density at radius 3 is 2.31 bits per heavy atom. The van der Waals surface area contributed by atoms with Crippen molar-refractivity contribution in [1.82, 2.24) is 25.8 Å². The number of rotatable bonds is 21. The number of nitrogens with two attached hydrogens (primary N) is 1. The van der Waals surface area contributed by atoms with Crippen molar-refractivity contribution in [3.8, 4) is 0 Å². The number of anilines is 1. The molecular formula is C30H41N7O11. The first-order valence-electron chi connectivity index (χ1n) is 15.0. The van der Waals surface area contributed by atoms with Crippen molar-refractivity contribution in [2.24, 2.45) is 5.73 Å². The lowest BCUT2D eigenvalue weighted by atomic mass is 10.1. The van der Waals surface area contributed by atoms with Gasteiger partial charge in [-0.25, -0.2) is 4.79 Å². The molecule has 262 valence electrons. The Labute approximate surface area is 276 Å². The minimum Gasteiger partial charge on any atom is -0.481 e. The van der Waals surface area contributed by atoms with Gasteiger partial charge in [-0.2, -0.15) is 0 Å². The molecule has 0 fully saturated rings. The standard InChI is InChI=1S/C30H41N7O11/c1-36(25(41)8-9-28(44)45)17-20-15-21(5-4-19(20)18-38)34-29(46)22(3-2-11-32-30(31)47)35-24(40)16-33-23(39)10-13-48-14-12-37-26(42)6-7-27(37)43/h4-7,15,22,38H,2-3,8-14,16-18H2,1H3,(H,33,39)(H,34,46)(H,35,40)(H,44,45)(H3,31,32,47)/t22-/m0/s1. The van der Waals surface area contributed by atoms with Crippen molar-refractivity contribution in [2.75, 3.05) is 45.2 Å². The normalized spacial score (nSPS) is 12.8. The Morgan fingerprint density at radius 1 is 0.958 bits per heavy atom. The van der Waals surface area contributed by atoms with E-state index >= 15 is 0 Å². The van der Waals surface area contributed by atoms with Gasteiger partial charge in [-0.15, -0.1) is 0 Å². The summed E-state index contributed by atoms with van der Waals surface area (Å²) in [6, 6.07) is 2.75. The van der Waals surface area contributed by atoms with Crippen molar-refractivity contribution in [1.29, 1.82) is 0 Å². The van der Waals surface area contributed by atoms with E-state index in [0.29, 0.717) is 11.1 Å². The number of carboxylic acids is 1. The summed E-state index contributed by atoms with van der Waals surface area (Å²) >= 11 is 0. The average molecular weight is 676 g/mol. The predicted molar refractivity (Wildman–Crippen MR) is 167 cm³/mol. The molecule has 18 heteroatoms. The number of aliphatic hydroxyl groups is 1. The Hall–Kier alpha value is -5.36. The summed E-state index contributed by atoms with van der Waals surface area (Å²) in [4.78, 5) is 97.6. The van der Waals surface area contributed by atoms with Crippen molar-refractivity contribution < 1.29 is 53.3 Å². The SMILES string of the molecule is CN(Cc1cc(NC(=O)[C@H](CCCNC(N)=O)NC(=O)CNC(=O)CCOCCN2C(=O)C=CC2=O)ccc1CO)C(=O)CCC(=O)O. The van der Waals surface area contributed by atoms with Gasteiger partial charge in [0, 0.05) is 50.8 Å². The summed E-state index contributed by atoms with van der Waals surface area (Å²) in [6.07, 6.45) is 1.99. The lowest BCUT2D eigenvalue weighted by molar-refractivity contribution is -0.140. The first-order valence-corrected chi connectivity index (χ1v) is 15.0. The van der Waals surface area contributed by atoms with Gasteiger partial charge in [0.2, 0.25) is 23.6 Å². The zero-order chi connectivity index (χ0) is 35.6. The first-order chi connectivity index (χ1) is 22.8. The van der Waals surface area contributed by atoms with Gasteiger partial charge in [-0.1, -0.05) is 6.07 Å². The third-order valence-corrected chi connectivity index (χ3v) is 6.93. The fourth-order valence-electron chi connectivity index (χ4n) is 4.36. The minimum atomic E-state index is -1.11. The number of nitrogens with one attached hydrogen (secondary N) is 4. The maximum Gasteiger partial charge on any atom is 0.312 e. The number of primary amides is 1. The molecule has 0 unspecified atom stereocenters. The highest BCUT2D eigenvalue weighted by Gasteiger charge is 2.23. The Balaban J connectivity index is 1.93. The van der Waals surface area contributed by atoms with Crippen molar-refractivity contribution in [3.63, 3.8) is 0 Å². The Bertz CT molecular complexity index is 1380. The number of imide groups is 1. The third kappa shape index (κ3) is 14.0. The molecule has 18 nitrogen and oxygen atoms in total. The molecule has 0 radical (unpaired) electrons. The fourth-order valence-corrected chi connectivity index (χ4v) is 4.36. The molecule has 1 aromatic carbocycles. The molecule has 8 N–H and O–H groups in total. The maximum atomic E-state index is 13.2. The average Bonchev–Trinajstić information content (AvgIpc) is 3.36. The molecule has 1 aromatic rings. The van der Waals surface area contributed by atoms with Crippen LogP contribution in [-0.4, -0.2) is 113 Å². The highest BCUT2D eigenvalue weighted by molar-refractivity contribution is 6.12. The van der Waals surface area contributed by atoms with Crippen LogP contribution in [0.4, 0.5) is 10.5 Å². The van der Waals surface area contributed by atoms with Gasteiger partial charge in [0.25, 0.3) is 11.8 Å². The molecule has 0 bridgehead atoms. The van der Waals surface area contributed by atoms with Crippen LogP contribution in [-0.2, 0) is 51.5 Å². The second-order valence-electron chi connectivity index (χ2n) is 10.6. The van der Waals surface area contributed by atoms with Crippen LogP contribution in [0.2, 0.25) is 0 Å². The van der Waals surface area contributed by atoms with Crippen LogP contribution in [0, 0.1) is 0 Å². The molecule has 1 aliphatic heterocycles. The quantitative estimate of drug-likeness (QED) is 0.0571. The largest absolute Gasteiger partial charge is 0.481 e. The summed E-state index contributed by atoms with van der Waals surface area (Å²) in [5.41, 5.74) is 6.34. The number of carbonyl (C=O) groups is 8. The number of amides is 8. The molecule has 0 saturated heterocycles. The number of carbonyl (C=O) groups excluding carboxylic acids is 7. The maximum absolute atomic E-state index is 13.2. The number of hydrogen-bond donors (Lipinski definition) is 7. The summed E-state index contributed by atoms with van der Waals surface area (Å²) < 4.78 is 5.29. The molecule has 0 spiro atoms. The zero-order valence-corrected chi connectivity index (χ0v) is 26.5. The smallest absolute Gasteiger partial charge is 0.312 e. The van der Waals surface area contributed by atoms with Gasteiger partial charge in [0.1, 0.15) is 6.04 Å². The molecule has 0 aromatic heterocycles. The molecule has 1 atom stereocenters. The van der Waals surface area contributed by atoms with Crippen LogP contribution in [0.5, 0.6) is 0 Å². The van der Waals surface area contributed by atoms with Gasteiger partial charge in [-0.05, 0) is 36.1 Å². The molecule has 1 heterocycles. The summed E-state index contributed by atoms with van der Waals surface area (Å²) in [6.45, 7) is -0.634. The fraction of sp³-hybridized carbons (Fsp3) is 0.467. The molecule has 8 amide bonds.